The molecule has 1 unspecified atom stereocenters. The summed E-state index contributed by atoms with van der Waals surface area (Å²) < 4.78 is 5.14. The van der Waals surface area contributed by atoms with E-state index in [4.69, 9.17) is 4.52 Å². The average Bonchev–Trinajstić information content (AvgIpc) is 2.77. The van der Waals surface area contributed by atoms with E-state index in [1.54, 1.807) is 0 Å². The lowest BCUT2D eigenvalue weighted by Crippen LogP contribution is -2.44. The van der Waals surface area contributed by atoms with Crippen LogP contribution in [0.5, 0.6) is 0 Å². The van der Waals surface area contributed by atoms with Gasteiger partial charge in [-0.25, -0.2) is 0 Å². The van der Waals surface area contributed by atoms with E-state index in [0.29, 0.717) is 18.4 Å². The summed E-state index contributed by atoms with van der Waals surface area (Å²) in [6.45, 7) is 10.8. The number of aromatic nitrogens is 1. The first-order chi connectivity index (χ1) is 9.97. The molecule has 1 saturated heterocycles. The van der Waals surface area contributed by atoms with Gasteiger partial charge in [-0.15, -0.1) is 0 Å². The van der Waals surface area contributed by atoms with Crippen molar-refractivity contribution in [2.45, 2.75) is 53.0 Å². The maximum absolute atomic E-state index is 12.5. The Balaban J connectivity index is 1.90. The zero-order valence-electron chi connectivity index (χ0n) is 13.6. The maximum atomic E-state index is 12.5. The fourth-order valence-corrected chi connectivity index (χ4v) is 2.88. The molecular weight excluding hydrogens is 266 g/mol. The van der Waals surface area contributed by atoms with Crippen molar-refractivity contribution in [3.63, 3.8) is 0 Å². The number of nitrogens with zero attached hydrogens (tertiary/aromatic N) is 2. The molecule has 1 N–H and O–H groups in total. The summed E-state index contributed by atoms with van der Waals surface area (Å²) in [7, 11) is 0. The molecule has 0 aromatic carbocycles. The Morgan fingerprint density at radius 2 is 2.24 bits per heavy atom. The number of hydrogen-bond donors (Lipinski definition) is 1. The number of piperidine rings is 1. The quantitative estimate of drug-likeness (QED) is 0.903. The lowest BCUT2D eigenvalue weighted by atomic mass is 9.97. The van der Waals surface area contributed by atoms with Gasteiger partial charge < -0.3 is 14.7 Å². The third kappa shape index (κ3) is 4.30. The highest BCUT2D eigenvalue weighted by molar-refractivity contribution is 5.79. The smallest absolute Gasteiger partial charge is 0.227 e. The SMILES string of the molecule is Cc1noc(C)c1CC(=O)N1CCCC(CNC(C)C)C1. The summed E-state index contributed by atoms with van der Waals surface area (Å²) in [4.78, 5) is 14.5. The number of rotatable bonds is 5. The predicted molar refractivity (Wildman–Crippen MR) is 82.1 cm³/mol. The highest BCUT2D eigenvalue weighted by Gasteiger charge is 2.25. The van der Waals surface area contributed by atoms with Gasteiger partial charge in [-0.1, -0.05) is 19.0 Å². The minimum Gasteiger partial charge on any atom is -0.361 e. The van der Waals surface area contributed by atoms with E-state index in [2.05, 4.69) is 24.3 Å². The summed E-state index contributed by atoms with van der Waals surface area (Å²) in [5.41, 5.74) is 1.78. The first-order valence-electron chi connectivity index (χ1n) is 7.90. The van der Waals surface area contributed by atoms with Crippen molar-refractivity contribution in [1.82, 2.24) is 15.4 Å². The van der Waals surface area contributed by atoms with E-state index in [9.17, 15) is 4.79 Å². The van der Waals surface area contributed by atoms with E-state index in [1.807, 2.05) is 18.7 Å². The lowest BCUT2D eigenvalue weighted by Gasteiger charge is -2.33. The molecular formula is C16H27N3O2. The molecule has 118 valence electrons. The van der Waals surface area contributed by atoms with Crippen LogP contribution in [-0.4, -0.2) is 41.6 Å². The van der Waals surface area contributed by atoms with Gasteiger partial charge in [-0.05, 0) is 39.2 Å². The molecule has 2 rings (SSSR count). The number of nitrogens with one attached hydrogen (secondary N) is 1. The Morgan fingerprint density at radius 3 is 2.86 bits per heavy atom. The van der Waals surface area contributed by atoms with Crippen molar-refractivity contribution < 1.29 is 9.32 Å². The van der Waals surface area contributed by atoms with E-state index in [-0.39, 0.29) is 5.91 Å². The van der Waals surface area contributed by atoms with Gasteiger partial charge in [0.05, 0.1) is 12.1 Å². The molecule has 21 heavy (non-hydrogen) atoms. The molecule has 0 spiro atoms. The van der Waals surface area contributed by atoms with Crippen LogP contribution >= 0.6 is 0 Å². The third-order valence-corrected chi connectivity index (χ3v) is 4.20. The molecule has 1 amide bonds. The number of carbonyl (C=O) groups is 1. The number of amides is 1. The van der Waals surface area contributed by atoms with Crippen LogP contribution in [0.1, 0.15) is 43.7 Å². The van der Waals surface area contributed by atoms with Crippen molar-refractivity contribution in [2.75, 3.05) is 19.6 Å². The first-order valence-corrected chi connectivity index (χ1v) is 7.90. The van der Waals surface area contributed by atoms with Crippen molar-refractivity contribution >= 4 is 5.91 Å². The predicted octanol–water partition coefficient (Wildman–Crippen LogP) is 2.07. The maximum Gasteiger partial charge on any atom is 0.227 e. The monoisotopic (exact) mass is 293 g/mol. The second kappa shape index (κ2) is 7.07. The molecule has 1 aliphatic rings. The summed E-state index contributed by atoms with van der Waals surface area (Å²) in [5.74, 6) is 1.52. The van der Waals surface area contributed by atoms with Gasteiger partial charge in [0.2, 0.25) is 5.91 Å². The van der Waals surface area contributed by atoms with Crippen LogP contribution in [0.2, 0.25) is 0 Å². The number of likely N-dealkylation sites (tertiary alicyclic amines) is 1. The summed E-state index contributed by atoms with van der Waals surface area (Å²) in [6, 6.07) is 0.499. The van der Waals surface area contributed by atoms with Crippen LogP contribution in [-0.2, 0) is 11.2 Å². The molecule has 2 heterocycles. The second-order valence-corrected chi connectivity index (χ2v) is 6.39. The first kappa shape index (κ1) is 16.0. The summed E-state index contributed by atoms with van der Waals surface area (Å²) in [5, 5.41) is 7.40. The third-order valence-electron chi connectivity index (χ3n) is 4.20. The van der Waals surface area contributed by atoms with Crippen LogP contribution < -0.4 is 5.32 Å². The second-order valence-electron chi connectivity index (χ2n) is 6.39. The molecule has 1 aliphatic heterocycles. The molecule has 5 heteroatoms. The molecule has 0 aliphatic carbocycles. The molecule has 5 nitrogen and oxygen atoms in total. The van der Waals surface area contributed by atoms with Crippen molar-refractivity contribution in [3.05, 3.63) is 17.0 Å². The average molecular weight is 293 g/mol. The highest BCUT2D eigenvalue weighted by atomic mass is 16.5. The standard InChI is InChI=1S/C16H27N3O2/c1-11(2)17-9-14-6-5-7-19(10-14)16(20)8-15-12(3)18-21-13(15)4/h11,14,17H,5-10H2,1-4H3. The number of aryl methyl sites for hydroxylation is 2. The van der Waals surface area contributed by atoms with E-state index >= 15 is 0 Å². The van der Waals surface area contributed by atoms with Crippen LogP contribution in [0.4, 0.5) is 0 Å². The normalized spacial score (nSPS) is 19.3. The molecule has 0 radical (unpaired) electrons. The van der Waals surface area contributed by atoms with Gasteiger partial charge in [-0.2, -0.15) is 0 Å². The molecule has 0 bridgehead atoms. The van der Waals surface area contributed by atoms with Crippen LogP contribution in [0.25, 0.3) is 0 Å². The summed E-state index contributed by atoms with van der Waals surface area (Å²) >= 11 is 0. The molecule has 1 atom stereocenters. The van der Waals surface area contributed by atoms with Gasteiger partial charge >= 0.3 is 0 Å². The zero-order valence-corrected chi connectivity index (χ0v) is 13.6. The molecule has 1 aromatic heterocycles. The summed E-state index contributed by atoms with van der Waals surface area (Å²) in [6.07, 6.45) is 2.71. The topological polar surface area (TPSA) is 58.4 Å². The van der Waals surface area contributed by atoms with Gasteiger partial charge in [0, 0.05) is 24.7 Å². The lowest BCUT2D eigenvalue weighted by molar-refractivity contribution is -0.132. The Kier molecular flexibility index (Phi) is 5.39. The van der Waals surface area contributed by atoms with E-state index < -0.39 is 0 Å². The van der Waals surface area contributed by atoms with Gasteiger partial charge in [0.25, 0.3) is 0 Å². The van der Waals surface area contributed by atoms with Crippen molar-refractivity contribution in [2.24, 2.45) is 5.92 Å². The minimum atomic E-state index is 0.193. The molecule has 1 fully saturated rings. The molecule has 1 aromatic rings. The largest absolute Gasteiger partial charge is 0.361 e. The zero-order chi connectivity index (χ0) is 15.4. The van der Waals surface area contributed by atoms with Gasteiger partial charge in [0.15, 0.2) is 0 Å². The van der Waals surface area contributed by atoms with E-state index in [1.165, 1.54) is 6.42 Å². The van der Waals surface area contributed by atoms with E-state index in [0.717, 1.165) is 43.1 Å². The van der Waals surface area contributed by atoms with Crippen molar-refractivity contribution in [1.29, 1.82) is 0 Å². The molecule has 0 saturated carbocycles. The van der Waals surface area contributed by atoms with Crippen LogP contribution in [0, 0.1) is 19.8 Å². The fourth-order valence-electron chi connectivity index (χ4n) is 2.88. The highest BCUT2D eigenvalue weighted by Crippen LogP contribution is 2.19. The fraction of sp³-hybridized carbons (Fsp3) is 0.750. The van der Waals surface area contributed by atoms with Gasteiger partial charge in [-0.3, -0.25) is 4.79 Å². The Bertz CT molecular complexity index is 462. The Labute approximate surface area is 127 Å². The van der Waals surface area contributed by atoms with Crippen molar-refractivity contribution in [3.8, 4) is 0 Å². The Hall–Kier alpha value is -1.36. The van der Waals surface area contributed by atoms with Gasteiger partial charge in [0.1, 0.15) is 5.76 Å². The number of carbonyl (C=O) groups excluding carboxylic acids is 1. The van der Waals surface area contributed by atoms with Crippen LogP contribution in [0.3, 0.4) is 0 Å². The van der Waals surface area contributed by atoms with Crippen LogP contribution in [0.15, 0.2) is 4.52 Å². The number of hydrogen-bond acceptors (Lipinski definition) is 4. The Morgan fingerprint density at radius 1 is 1.48 bits per heavy atom. The minimum absolute atomic E-state index is 0.193.